The fourth-order valence-corrected chi connectivity index (χ4v) is 15.1. The van der Waals surface area contributed by atoms with Crippen LogP contribution in [0.25, 0.3) is 0 Å². The second-order valence-electron chi connectivity index (χ2n) is 27.0. The number of nitriles is 3. The summed E-state index contributed by atoms with van der Waals surface area (Å²) >= 11 is 0. The maximum atomic E-state index is 11.2. The standard InChI is InChI=1S/C25H27NO2.C20H25NO4.C18H21NO5.C17H19NO5/c1-27-24-12-11-21(18-25(24)28-22-9-5-6-10-22)23(20-7-3-2-4-8-20)17-19-13-15-26-16-14-19;1-24-17-7-6-15(12-18(17)25-16-4-2-3-5-16)20(13-21)10-8-14(9-11-20)19(22)23;1-22-14-4-3-13(15-16(14)24-10-2-9-23-15)18(11-19)7-5-12(6-8-18)17(20)21;1-21-13-3-2-12(14-15(13)23-9-8-22-14)17(10-18)6-4-11(5-7-17)16(19)20/h2-4,7-8,11-16,18,22-23H,5-6,9-10,17H2,1H3;6-7,12,14,16H,2-5,8-11H2,1H3,(H,22,23);3-4,12H,2,5-10H2,1H3,(H,20,21);2-3,11H,4-9H2,1H3,(H,19,20)/t23-;;;/m0.../s1. The lowest BCUT2D eigenvalue weighted by Gasteiger charge is -2.36. The van der Waals surface area contributed by atoms with E-state index in [0.717, 1.165) is 66.7 Å². The van der Waals surface area contributed by atoms with E-state index in [-0.39, 0.29) is 29.8 Å². The molecule has 3 N–H and O–H groups in total. The number of benzene rings is 5. The van der Waals surface area contributed by atoms with E-state index in [0.29, 0.717) is 156 Å². The van der Waals surface area contributed by atoms with Gasteiger partial charge in [-0.25, -0.2) is 0 Å². The third kappa shape index (κ3) is 17.0. The van der Waals surface area contributed by atoms with Crippen LogP contribution in [-0.2, 0) is 37.0 Å². The average molecular weight is 1370 g/mol. The fourth-order valence-electron chi connectivity index (χ4n) is 15.1. The molecule has 1 aromatic heterocycles. The number of hydrogen-bond donors (Lipinski definition) is 3. The molecule has 5 aliphatic carbocycles. The molecule has 0 spiro atoms. The predicted molar refractivity (Wildman–Crippen MR) is 371 cm³/mol. The van der Waals surface area contributed by atoms with E-state index in [2.05, 4.69) is 77.8 Å². The summed E-state index contributed by atoms with van der Waals surface area (Å²) in [4.78, 5) is 37.7. The van der Waals surface area contributed by atoms with E-state index >= 15 is 0 Å². The van der Waals surface area contributed by atoms with Gasteiger partial charge in [0.1, 0.15) is 13.2 Å². The van der Waals surface area contributed by atoms with Crippen LogP contribution in [0.5, 0.6) is 57.5 Å². The largest absolute Gasteiger partial charge is 0.493 e. The first-order chi connectivity index (χ1) is 48.6. The highest BCUT2D eigenvalue weighted by Crippen LogP contribution is 2.53. The molecule has 6 aromatic rings. The predicted octanol–water partition coefficient (Wildman–Crippen LogP) is 15.2. The molecule has 5 aromatic carbocycles. The molecule has 13 rings (SSSR count). The molecular formula is C80H92N4O16. The SMILES string of the molecule is COc1ccc(C2(C#N)CCC(C(=O)O)CC2)c2c1OCCCO2.COc1ccc(C2(C#N)CCC(C(=O)O)CC2)c2c1OCCO2.COc1ccc(C2(C#N)CCC(C(=O)O)CC2)cc1OC1CCCC1.COc1ccc([C@@H](Cc2ccncc2)c2ccccc2)cc1OC1CCCC1. The van der Waals surface area contributed by atoms with Crippen molar-refractivity contribution in [3.8, 4) is 75.7 Å². The second-order valence-corrected chi connectivity index (χ2v) is 27.0. The van der Waals surface area contributed by atoms with Gasteiger partial charge >= 0.3 is 17.9 Å². The minimum atomic E-state index is -0.784. The minimum Gasteiger partial charge on any atom is -0.493 e. The number of hydrogen-bond acceptors (Lipinski definition) is 17. The van der Waals surface area contributed by atoms with Gasteiger partial charge in [-0.3, -0.25) is 19.4 Å². The van der Waals surface area contributed by atoms with Crippen LogP contribution in [-0.4, -0.2) is 105 Å². The second kappa shape index (κ2) is 34.3. The summed E-state index contributed by atoms with van der Waals surface area (Å²) < 4.78 is 57.3. The van der Waals surface area contributed by atoms with Gasteiger partial charge in [-0.05, 0) is 218 Å². The summed E-state index contributed by atoms with van der Waals surface area (Å²) in [6, 6.07) is 41.6. The fraction of sp³-hybridized carbons (Fsp3) is 0.487. The number of aliphatic carboxylic acids is 3. The molecule has 7 aliphatic rings. The number of pyridine rings is 1. The summed E-state index contributed by atoms with van der Waals surface area (Å²) in [5.41, 5.74) is 4.19. The zero-order valence-corrected chi connectivity index (χ0v) is 57.8. The van der Waals surface area contributed by atoms with Gasteiger partial charge in [0, 0.05) is 35.9 Å². The molecule has 100 heavy (non-hydrogen) atoms. The summed E-state index contributed by atoms with van der Waals surface area (Å²) in [5, 5.41) is 57.1. The molecule has 0 radical (unpaired) electrons. The molecule has 0 bridgehead atoms. The Kier molecular flexibility index (Phi) is 25.0. The number of nitrogens with zero attached hydrogens (tertiary/aromatic N) is 4. The quantitative estimate of drug-likeness (QED) is 0.0720. The lowest BCUT2D eigenvalue weighted by molar-refractivity contribution is -0.144. The topological polar surface area (TPSA) is 288 Å². The van der Waals surface area contributed by atoms with Gasteiger partial charge in [-0.15, -0.1) is 0 Å². The number of rotatable bonds is 18. The first-order valence-electron chi connectivity index (χ1n) is 35.1. The molecule has 2 aliphatic heterocycles. The van der Waals surface area contributed by atoms with Gasteiger partial charge in [0.15, 0.2) is 46.0 Å². The van der Waals surface area contributed by atoms with E-state index in [1.165, 1.54) is 42.4 Å². The van der Waals surface area contributed by atoms with Gasteiger partial charge < -0.3 is 62.7 Å². The lowest BCUT2D eigenvalue weighted by Crippen LogP contribution is -2.34. The number of carbonyl (C=O) groups is 3. The van der Waals surface area contributed by atoms with Crippen molar-refractivity contribution in [2.24, 2.45) is 17.8 Å². The number of ether oxygens (including phenoxy) is 10. The van der Waals surface area contributed by atoms with Gasteiger partial charge in [0.2, 0.25) is 11.5 Å². The van der Waals surface area contributed by atoms with Crippen molar-refractivity contribution in [3.63, 3.8) is 0 Å². The molecule has 3 heterocycles. The zero-order chi connectivity index (χ0) is 70.7. The minimum absolute atomic E-state index is 0.213. The van der Waals surface area contributed by atoms with E-state index in [1.54, 1.807) is 40.6 Å². The highest BCUT2D eigenvalue weighted by molar-refractivity contribution is 5.72. The summed E-state index contributed by atoms with van der Waals surface area (Å²) in [7, 11) is 6.46. The Morgan fingerprint density at radius 2 is 0.850 bits per heavy atom. The molecule has 5 saturated carbocycles. The average Bonchev–Trinajstić information content (AvgIpc) is 0.914. The van der Waals surface area contributed by atoms with Crippen LogP contribution in [0.15, 0.2) is 116 Å². The van der Waals surface area contributed by atoms with Gasteiger partial charge in [-0.1, -0.05) is 42.5 Å². The Balaban J connectivity index is 0.000000144. The first kappa shape index (κ1) is 72.9. The maximum absolute atomic E-state index is 11.2. The van der Waals surface area contributed by atoms with Crippen LogP contribution >= 0.6 is 0 Å². The van der Waals surface area contributed by atoms with E-state index in [1.807, 2.05) is 48.8 Å². The van der Waals surface area contributed by atoms with Crippen LogP contribution in [0.2, 0.25) is 0 Å². The Bertz CT molecular complexity index is 3860. The smallest absolute Gasteiger partial charge is 0.306 e. The molecular weight excluding hydrogens is 1270 g/mol. The highest BCUT2D eigenvalue weighted by atomic mass is 16.6. The van der Waals surface area contributed by atoms with E-state index in [4.69, 9.17) is 52.5 Å². The maximum Gasteiger partial charge on any atom is 0.306 e. The summed E-state index contributed by atoms with van der Waals surface area (Å²) in [6.45, 7) is 1.92. The van der Waals surface area contributed by atoms with Gasteiger partial charge in [0.05, 0.1) is 106 Å². The van der Waals surface area contributed by atoms with Gasteiger partial charge in [-0.2, -0.15) is 15.8 Å². The number of fused-ring (bicyclic) bond motifs is 2. The zero-order valence-electron chi connectivity index (χ0n) is 57.8. The molecule has 0 saturated heterocycles. The molecule has 1 atom stereocenters. The van der Waals surface area contributed by atoms with Crippen molar-refractivity contribution >= 4 is 17.9 Å². The number of carboxylic acids is 3. The van der Waals surface area contributed by atoms with Crippen molar-refractivity contribution in [2.75, 3.05) is 54.9 Å². The Hall–Kier alpha value is -9.87. The molecule has 20 nitrogen and oxygen atoms in total. The van der Waals surface area contributed by atoms with Crippen LogP contribution in [0.1, 0.15) is 174 Å². The van der Waals surface area contributed by atoms with Crippen molar-refractivity contribution < 1.29 is 77.1 Å². The Labute approximate surface area is 586 Å². The number of methoxy groups -OCH3 is 4. The molecule has 5 fully saturated rings. The van der Waals surface area contributed by atoms with Crippen LogP contribution in [0, 0.1) is 51.7 Å². The Morgan fingerprint density at radius 1 is 0.450 bits per heavy atom. The number of carboxylic acid groups (broad SMARTS) is 3. The molecule has 528 valence electrons. The third-order valence-electron chi connectivity index (χ3n) is 21.1. The van der Waals surface area contributed by atoms with Crippen molar-refractivity contribution in [3.05, 3.63) is 149 Å². The first-order valence-corrected chi connectivity index (χ1v) is 35.1. The normalized spacial score (nSPS) is 23.3. The molecule has 0 unspecified atom stereocenters. The summed E-state index contributed by atoms with van der Waals surface area (Å²) in [6.07, 6.45) is 21.3. The Morgan fingerprint density at radius 3 is 1.29 bits per heavy atom. The lowest BCUT2D eigenvalue weighted by atomic mass is 9.67. The van der Waals surface area contributed by atoms with Crippen molar-refractivity contribution in [1.82, 2.24) is 4.98 Å². The van der Waals surface area contributed by atoms with Gasteiger partial charge in [0.25, 0.3) is 0 Å². The van der Waals surface area contributed by atoms with Crippen LogP contribution in [0.4, 0.5) is 0 Å². The number of aromatic nitrogens is 1. The molecule has 20 heteroatoms. The third-order valence-corrected chi connectivity index (χ3v) is 21.1. The van der Waals surface area contributed by atoms with E-state index < -0.39 is 34.2 Å². The highest BCUT2D eigenvalue weighted by Gasteiger charge is 2.45. The van der Waals surface area contributed by atoms with Crippen molar-refractivity contribution in [1.29, 1.82) is 15.8 Å². The van der Waals surface area contributed by atoms with Crippen molar-refractivity contribution in [2.45, 2.75) is 176 Å². The van der Waals surface area contributed by atoms with Crippen LogP contribution < -0.4 is 47.4 Å². The molecule has 0 amide bonds. The monoisotopic (exact) mass is 1360 g/mol. The van der Waals surface area contributed by atoms with E-state index in [9.17, 15) is 40.4 Å². The van der Waals surface area contributed by atoms with Crippen LogP contribution in [0.3, 0.4) is 0 Å². The summed E-state index contributed by atoms with van der Waals surface area (Å²) in [5.74, 6) is 3.27.